The normalized spacial score (nSPS) is 12.8. The Hall–Kier alpha value is -3.79. The molecule has 2 aromatic carbocycles. The van der Waals surface area contributed by atoms with E-state index in [0.29, 0.717) is 28.4 Å². The highest BCUT2D eigenvalue weighted by atomic mass is 32.2. The lowest BCUT2D eigenvalue weighted by molar-refractivity contribution is -0.111. The number of carbonyl (C=O) groups excluding carboxylic acids is 1. The van der Waals surface area contributed by atoms with Crippen LogP contribution in [0.2, 0.25) is 0 Å². The van der Waals surface area contributed by atoms with E-state index in [1.807, 2.05) is 6.07 Å². The van der Waals surface area contributed by atoms with Crippen molar-refractivity contribution in [2.75, 3.05) is 16.8 Å². The molecule has 0 saturated carbocycles. The van der Waals surface area contributed by atoms with Crippen molar-refractivity contribution >= 4 is 33.6 Å². The molecular weight excluding hydrogens is 422 g/mol. The van der Waals surface area contributed by atoms with E-state index >= 15 is 0 Å². The average molecular weight is 441 g/mol. The van der Waals surface area contributed by atoms with Crippen LogP contribution in [-0.2, 0) is 14.8 Å². The number of sulfonamides is 1. The summed E-state index contributed by atoms with van der Waals surface area (Å²) in [5.74, 6) is 1.01. The molecule has 1 aliphatic heterocycles. The largest absolute Gasteiger partial charge is 0.454 e. The van der Waals surface area contributed by atoms with Gasteiger partial charge in [-0.1, -0.05) is 11.2 Å². The van der Waals surface area contributed by atoms with Gasteiger partial charge in [0.1, 0.15) is 0 Å². The number of fused-ring (bicyclic) bond motifs is 1. The first-order chi connectivity index (χ1) is 14.8. The zero-order valence-electron chi connectivity index (χ0n) is 16.7. The first-order valence-electron chi connectivity index (χ1n) is 9.26. The number of ether oxygens (including phenoxy) is 2. The second-order valence-electron chi connectivity index (χ2n) is 6.79. The van der Waals surface area contributed by atoms with Gasteiger partial charge in [0.2, 0.25) is 18.6 Å². The Balaban J connectivity index is 1.39. The van der Waals surface area contributed by atoms with Gasteiger partial charge >= 0.3 is 0 Å². The first kappa shape index (κ1) is 20.5. The van der Waals surface area contributed by atoms with Gasteiger partial charge in [0.15, 0.2) is 11.5 Å². The van der Waals surface area contributed by atoms with E-state index in [1.165, 1.54) is 30.3 Å². The second kappa shape index (κ2) is 8.15. The highest BCUT2D eigenvalue weighted by Crippen LogP contribution is 2.32. The van der Waals surface area contributed by atoms with E-state index in [0.717, 1.165) is 5.56 Å². The molecule has 1 aromatic heterocycles. The Labute approximate surface area is 178 Å². The number of aromatic nitrogens is 1. The zero-order valence-corrected chi connectivity index (χ0v) is 17.5. The van der Waals surface area contributed by atoms with Gasteiger partial charge in [-0.05, 0) is 61.9 Å². The van der Waals surface area contributed by atoms with Crippen molar-refractivity contribution in [1.82, 2.24) is 5.16 Å². The van der Waals surface area contributed by atoms with Crippen LogP contribution in [0, 0.1) is 13.8 Å². The van der Waals surface area contributed by atoms with E-state index in [2.05, 4.69) is 15.2 Å². The van der Waals surface area contributed by atoms with Crippen molar-refractivity contribution < 1.29 is 27.2 Å². The Kier molecular flexibility index (Phi) is 5.38. The Morgan fingerprint density at radius 2 is 1.81 bits per heavy atom. The van der Waals surface area contributed by atoms with Crippen molar-refractivity contribution in [1.29, 1.82) is 0 Å². The summed E-state index contributed by atoms with van der Waals surface area (Å²) in [6.07, 6.45) is 3.01. The third kappa shape index (κ3) is 4.53. The molecule has 4 rings (SSSR count). The number of hydrogen-bond donors (Lipinski definition) is 2. The van der Waals surface area contributed by atoms with Crippen LogP contribution >= 0.6 is 0 Å². The molecule has 0 atom stereocenters. The second-order valence-corrected chi connectivity index (χ2v) is 8.47. The highest BCUT2D eigenvalue weighted by Gasteiger charge is 2.19. The minimum atomic E-state index is -3.85. The molecule has 2 N–H and O–H groups in total. The number of hydrogen-bond acceptors (Lipinski definition) is 7. The lowest BCUT2D eigenvalue weighted by atomic mass is 10.2. The van der Waals surface area contributed by atoms with Crippen LogP contribution in [0.25, 0.3) is 6.08 Å². The first-order valence-corrected chi connectivity index (χ1v) is 10.7. The van der Waals surface area contributed by atoms with Crippen LogP contribution in [0.4, 0.5) is 11.6 Å². The number of benzene rings is 2. The van der Waals surface area contributed by atoms with Crippen LogP contribution in [0.15, 0.2) is 58.0 Å². The number of nitrogens with zero attached hydrogens (tertiary/aromatic N) is 1. The Bertz CT molecular complexity index is 1260. The molecule has 31 heavy (non-hydrogen) atoms. The summed E-state index contributed by atoms with van der Waals surface area (Å²) >= 11 is 0. The zero-order chi connectivity index (χ0) is 22.0. The molecule has 0 spiro atoms. The van der Waals surface area contributed by atoms with Gasteiger partial charge < -0.3 is 19.3 Å². The van der Waals surface area contributed by atoms with Crippen molar-refractivity contribution in [3.05, 3.63) is 65.4 Å². The summed E-state index contributed by atoms with van der Waals surface area (Å²) in [6.45, 7) is 3.61. The topological polar surface area (TPSA) is 120 Å². The van der Waals surface area contributed by atoms with E-state index < -0.39 is 10.0 Å². The van der Waals surface area contributed by atoms with Gasteiger partial charge in [-0.25, -0.2) is 13.1 Å². The highest BCUT2D eigenvalue weighted by molar-refractivity contribution is 7.92. The van der Waals surface area contributed by atoms with Gasteiger partial charge in [0.25, 0.3) is 10.0 Å². The van der Waals surface area contributed by atoms with Gasteiger partial charge in [-0.3, -0.25) is 4.79 Å². The summed E-state index contributed by atoms with van der Waals surface area (Å²) in [4.78, 5) is 12.2. The van der Waals surface area contributed by atoms with E-state index in [1.54, 1.807) is 32.1 Å². The monoisotopic (exact) mass is 441 g/mol. The van der Waals surface area contributed by atoms with Gasteiger partial charge in [-0.15, -0.1) is 0 Å². The van der Waals surface area contributed by atoms with Crippen LogP contribution < -0.4 is 19.5 Å². The van der Waals surface area contributed by atoms with Gasteiger partial charge in [0.05, 0.1) is 10.6 Å². The molecule has 10 heteroatoms. The lowest BCUT2D eigenvalue weighted by Crippen LogP contribution is -2.13. The molecule has 160 valence electrons. The van der Waals surface area contributed by atoms with Crippen LogP contribution in [-0.4, -0.2) is 26.3 Å². The molecule has 2 heterocycles. The maximum Gasteiger partial charge on any atom is 0.264 e. The SMILES string of the molecule is Cc1noc(NS(=O)(=O)c2ccc(NC(=O)C=Cc3ccc4c(c3)OCO4)cc2)c1C. The van der Waals surface area contributed by atoms with Crippen molar-refractivity contribution in [2.24, 2.45) is 0 Å². The van der Waals surface area contributed by atoms with Gasteiger partial charge in [0, 0.05) is 17.3 Å². The summed E-state index contributed by atoms with van der Waals surface area (Å²) in [5, 5.41) is 6.41. The van der Waals surface area contributed by atoms with Crippen LogP contribution in [0.3, 0.4) is 0 Å². The predicted octanol–water partition coefficient (Wildman–Crippen LogP) is 3.47. The Morgan fingerprint density at radius 1 is 1.06 bits per heavy atom. The van der Waals surface area contributed by atoms with Crippen LogP contribution in [0.1, 0.15) is 16.8 Å². The molecule has 3 aromatic rings. The fraction of sp³-hybridized carbons (Fsp3) is 0.143. The van der Waals surface area contributed by atoms with Crippen molar-refractivity contribution in [3.63, 3.8) is 0 Å². The summed E-state index contributed by atoms with van der Waals surface area (Å²) in [7, 11) is -3.85. The number of carbonyl (C=O) groups is 1. The lowest BCUT2D eigenvalue weighted by Gasteiger charge is -2.07. The van der Waals surface area contributed by atoms with Crippen molar-refractivity contribution in [2.45, 2.75) is 18.7 Å². The molecule has 1 amide bonds. The average Bonchev–Trinajstić information content (AvgIpc) is 3.34. The molecule has 0 unspecified atom stereocenters. The molecule has 1 aliphatic rings. The van der Waals surface area contributed by atoms with Crippen LogP contribution in [0.5, 0.6) is 11.5 Å². The maximum atomic E-state index is 12.5. The van der Waals surface area contributed by atoms with Gasteiger partial charge in [-0.2, -0.15) is 0 Å². The number of rotatable bonds is 6. The summed E-state index contributed by atoms with van der Waals surface area (Å²) < 4.78 is 43.0. The molecule has 0 bridgehead atoms. The number of amides is 1. The minimum Gasteiger partial charge on any atom is -0.454 e. The van der Waals surface area contributed by atoms with E-state index in [4.69, 9.17) is 14.0 Å². The van der Waals surface area contributed by atoms with E-state index in [-0.39, 0.29) is 23.5 Å². The number of anilines is 2. The fourth-order valence-corrected chi connectivity index (χ4v) is 3.83. The minimum absolute atomic E-state index is 0.0230. The summed E-state index contributed by atoms with van der Waals surface area (Å²) in [5.41, 5.74) is 2.45. The Morgan fingerprint density at radius 3 is 2.52 bits per heavy atom. The molecule has 0 saturated heterocycles. The standard InChI is InChI=1S/C21H19N3O6S/c1-13-14(2)23-30-21(13)24-31(26,27)17-7-5-16(6-8-17)22-20(25)10-4-15-3-9-18-19(11-15)29-12-28-18/h3-11,24H,12H2,1-2H3,(H,22,25). The predicted molar refractivity (Wildman–Crippen MR) is 113 cm³/mol. The maximum absolute atomic E-state index is 12.5. The molecule has 0 radical (unpaired) electrons. The third-order valence-corrected chi connectivity index (χ3v) is 5.99. The summed E-state index contributed by atoms with van der Waals surface area (Å²) in [6, 6.07) is 11.1. The number of nitrogens with one attached hydrogen (secondary N) is 2. The molecule has 0 fully saturated rings. The molecular formula is C21H19N3O6S. The van der Waals surface area contributed by atoms with E-state index in [9.17, 15) is 13.2 Å². The fourth-order valence-electron chi connectivity index (χ4n) is 2.78. The molecule has 9 nitrogen and oxygen atoms in total. The number of aryl methyl sites for hydroxylation is 1. The molecule has 0 aliphatic carbocycles. The quantitative estimate of drug-likeness (QED) is 0.562. The third-order valence-electron chi connectivity index (χ3n) is 4.64. The smallest absolute Gasteiger partial charge is 0.264 e. The van der Waals surface area contributed by atoms with Crippen molar-refractivity contribution in [3.8, 4) is 11.5 Å².